The first-order valence-electron chi connectivity index (χ1n) is 5.87. The first kappa shape index (κ1) is 14.7. The Morgan fingerprint density at radius 1 is 1.33 bits per heavy atom. The van der Waals surface area contributed by atoms with Crippen LogP contribution in [0.3, 0.4) is 0 Å². The molecule has 18 heavy (non-hydrogen) atoms. The number of sulfonamides is 1. The molecule has 5 heteroatoms. The lowest BCUT2D eigenvalue weighted by Gasteiger charge is -2.20. The second-order valence-corrected chi connectivity index (χ2v) is 6.08. The van der Waals surface area contributed by atoms with Gasteiger partial charge in [-0.3, -0.25) is 0 Å². The van der Waals surface area contributed by atoms with Gasteiger partial charge in [-0.1, -0.05) is 19.1 Å². The Morgan fingerprint density at radius 2 is 2.00 bits per heavy atom. The summed E-state index contributed by atoms with van der Waals surface area (Å²) in [5.74, 6) is 0. The minimum Gasteiger partial charge on any atom is -0.207 e. The first-order chi connectivity index (χ1) is 8.43. The van der Waals surface area contributed by atoms with E-state index in [0.29, 0.717) is 11.4 Å². The van der Waals surface area contributed by atoms with Gasteiger partial charge in [0.2, 0.25) is 10.0 Å². The standard InChI is InChI=1S/C13H18N2O2S/c1-4-15(9-5-8-14)18(16,17)13-10-11(2)6-7-12(13)3/h6-7,10H,4-5,9H2,1-3H3. The average molecular weight is 266 g/mol. The number of benzene rings is 1. The van der Waals surface area contributed by atoms with E-state index in [9.17, 15) is 8.42 Å². The molecule has 0 aliphatic carbocycles. The summed E-state index contributed by atoms with van der Waals surface area (Å²) < 4.78 is 26.3. The molecule has 0 fully saturated rings. The number of hydrogen-bond acceptors (Lipinski definition) is 3. The van der Waals surface area contributed by atoms with E-state index in [1.807, 2.05) is 19.1 Å². The molecule has 0 aliphatic rings. The number of hydrogen-bond donors (Lipinski definition) is 0. The molecule has 0 bridgehead atoms. The maximum atomic E-state index is 12.5. The summed E-state index contributed by atoms with van der Waals surface area (Å²) in [6.45, 7) is 6.04. The van der Waals surface area contributed by atoms with Crippen LogP contribution in [-0.2, 0) is 10.0 Å². The molecule has 1 aromatic rings. The fourth-order valence-corrected chi connectivity index (χ4v) is 3.51. The molecule has 1 aromatic carbocycles. The van der Waals surface area contributed by atoms with Crippen molar-refractivity contribution < 1.29 is 8.42 Å². The summed E-state index contributed by atoms with van der Waals surface area (Å²) in [6, 6.07) is 7.35. The molecule has 0 aliphatic heterocycles. The summed E-state index contributed by atoms with van der Waals surface area (Å²) in [6.07, 6.45) is 0.206. The molecule has 0 unspecified atom stereocenters. The van der Waals surface area contributed by atoms with Crippen LogP contribution in [0.5, 0.6) is 0 Å². The third-order valence-corrected chi connectivity index (χ3v) is 4.90. The Bertz CT molecular complexity index is 559. The molecule has 0 heterocycles. The van der Waals surface area contributed by atoms with Crippen molar-refractivity contribution in [1.29, 1.82) is 5.26 Å². The minimum atomic E-state index is -3.49. The van der Waals surface area contributed by atoms with Crippen molar-refractivity contribution in [1.82, 2.24) is 4.31 Å². The molecule has 4 nitrogen and oxygen atoms in total. The summed E-state index contributed by atoms with van der Waals surface area (Å²) in [5.41, 5.74) is 1.64. The summed E-state index contributed by atoms with van der Waals surface area (Å²) in [5, 5.41) is 8.57. The number of nitriles is 1. The van der Waals surface area contributed by atoms with Gasteiger partial charge in [0.1, 0.15) is 0 Å². The van der Waals surface area contributed by atoms with Crippen molar-refractivity contribution >= 4 is 10.0 Å². The van der Waals surface area contributed by atoms with Crippen LogP contribution < -0.4 is 0 Å². The SMILES string of the molecule is CCN(CCC#N)S(=O)(=O)c1cc(C)ccc1C. The minimum absolute atomic E-state index is 0.206. The molecular formula is C13H18N2O2S. The van der Waals surface area contributed by atoms with Gasteiger partial charge >= 0.3 is 0 Å². The number of aryl methyl sites for hydroxylation is 2. The smallest absolute Gasteiger partial charge is 0.207 e. The molecular weight excluding hydrogens is 248 g/mol. The highest BCUT2D eigenvalue weighted by Crippen LogP contribution is 2.21. The maximum absolute atomic E-state index is 12.5. The Labute approximate surface area is 109 Å². The van der Waals surface area contributed by atoms with Crippen molar-refractivity contribution in [3.63, 3.8) is 0 Å². The second-order valence-electron chi connectivity index (χ2n) is 4.17. The molecule has 0 N–H and O–H groups in total. The van der Waals surface area contributed by atoms with Crippen molar-refractivity contribution in [3.05, 3.63) is 29.3 Å². The van der Waals surface area contributed by atoms with Gasteiger partial charge in [0, 0.05) is 19.5 Å². The van der Waals surface area contributed by atoms with Crippen molar-refractivity contribution in [2.45, 2.75) is 32.1 Å². The lowest BCUT2D eigenvalue weighted by Crippen LogP contribution is -2.32. The Kier molecular flexibility index (Phi) is 4.88. The average Bonchev–Trinajstić information content (AvgIpc) is 2.33. The van der Waals surface area contributed by atoms with Crippen LogP contribution in [0.1, 0.15) is 24.5 Å². The van der Waals surface area contributed by atoms with Gasteiger partial charge in [-0.2, -0.15) is 9.57 Å². The zero-order chi connectivity index (χ0) is 13.8. The fourth-order valence-electron chi connectivity index (χ4n) is 1.75. The summed E-state index contributed by atoms with van der Waals surface area (Å²) >= 11 is 0. The Balaban J connectivity index is 3.19. The van der Waals surface area contributed by atoms with E-state index < -0.39 is 10.0 Å². The van der Waals surface area contributed by atoms with E-state index >= 15 is 0 Å². The monoisotopic (exact) mass is 266 g/mol. The molecule has 0 aromatic heterocycles. The lowest BCUT2D eigenvalue weighted by atomic mass is 10.2. The normalized spacial score (nSPS) is 11.5. The van der Waals surface area contributed by atoms with E-state index in [0.717, 1.165) is 11.1 Å². The third-order valence-electron chi connectivity index (χ3n) is 2.79. The lowest BCUT2D eigenvalue weighted by molar-refractivity contribution is 0.434. The maximum Gasteiger partial charge on any atom is 0.243 e. The van der Waals surface area contributed by atoms with Crippen LogP contribution in [0.15, 0.2) is 23.1 Å². The number of rotatable bonds is 5. The first-order valence-corrected chi connectivity index (χ1v) is 7.31. The largest absolute Gasteiger partial charge is 0.243 e. The predicted molar refractivity (Wildman–Crippen MR) is 70.6 cm³/mol. The Hall–Kier alpha value is -1.38. The number of nitrogens with zero attached hydrogens (tertiary/aromatic N) is 2. The van der Waals surface area contributed by atoms with E-state index in [1.165, 1.54) is 4.31 Å². The predicted octanol–water partition coefficient (Wildman–Crippen LogP) is 2.23. The zero-order valence-electron chi connectivity index (χ0n) is 11.0. The highest BCUT2D eigenvalue weighted by atomic mass is 32.2. The van der Waals surface area contributed by atoms with Crippen LogP contribution in [0.25, 0.3) is 0 Å². The van der Waals surface area contributed by atoms with E-state index in [1.54, 1.807) is 26.0 Å². The molecule has 0 saturated heterocycles. The van der Waals surface area contributed by atoms with Gasteiger partial charge in [-0.15, -0.1) is 0 Å². The van der Waals surface area contributed by atoms with Gasteiger partial charge in [-0.25, -0.2) is 8.42 Å². The van der Waals surface area contributed by atoms with Gasteiger partial charge in [0.05, 0.1) is 11.0 Å². The van der Waals surface area contributed by atoms with Gasteiger partial charge in [0.15, 0.2) is 0 Å². The quantitative estimate of drug-likeness (QED) is 0.821. The topological polar surface area (TPSA) is 61.2 Å². The molecule has 0 spiro atoms. The molecule has 0 amide bonds. The van der Waals surface area contributed by atoms with Crippen LogP contribution >= 0.6 is 0 Å². The van der Waals surface area contributed by atoms with Crippen molar-refractivity contribution in [2.75, 3.05) is 13.1 Å². The molecule has 0 atom stereocenters. The van der Waals surface area contributed by atoms with Crippen molar-refractivity contribution in [3.8, 4) is 6.07 Å². The van der Waals surface area contributed by atoms with Gasteiger partial charge < -0.3 is 0 Å². The van der Waals surface area contributed by atoms with Crippen LogP contribution in [0.2, 0.25) is 0 Å². The zero-order valence-corrected chi connectivity index (χ0v) is 11.8. The molecule has 0 radical (unpaired) electrons. The van der Waals surface area contributed by atoms with Crippen LogP contribution in [0, 0.1) is 25.2 Å². The van der Waals surface area contributed by atoms with Gasteiger partial charge in [-0.05, 0) is 31.0 Å². The highest BCUT2D eigenvalue weighted by molar-refractivity contribution is 7.89. The second kappa shape index (κ2) is 5.98. The highest BCUT2D eigenvalue weighted by Gasteiger charge is 2.24. The van der Waals surface area contributed by atoms with Crippen molar-refractivity contribution in [2.24, 2.45) is 0 Å². The Morgan fingerprint density at radius 3 is 2.56 bits per heavy atom. The molecule has 1 rings (SSSR count). The third kappa shape index (κ3) is 3.09. The van der Waals surface area contributed by atoms with E-state index in [4.69, 9.17) is 5.26 Å². The van der Waals surface area contributed by atoms with Crippen LogP contribution in [-0.4, -0.2) is 25.8 Å². The molecule has 0 saturated carbocycles. The van der Waals surface area contributed by atoms with Crippen LogP contribution in [0.4, 0.5) is 0 Å². The van der Waals surface area contributed by atoms with E-state index in [2.05, 4.69) is 0 Å². The van der Waals surface area contributed by atoms with E-state index in [-0.39, 0.29) is 13.0 Å². The summed E-state index contributed by atoms with van der Waals surface area (Å²) in [4.78, 5) is 0.335. The fraction of sp³-hybridized carbons (Fsp3) is 0.462. The van der Waals surface area contributed by atoms with Gasteiger partial charge in [0.25, 0.3) is 0 Å². The summed E-state index contributed by atoms with van der Waals surface area (Å²) in [7, 11) is -3.49. The molecule has 98 valence electrons.